The number of benzene rings is 2. The molecule has 8 heteroatoms. The first kappa shape index (κ1) is 27.5. The van der Waals surface area contributed by atoms with E-state index in [2.05, 4.69) is 5.32 Å². The van der Waals surface area contributed by atoms with Gasteiger partial charge >= 0.3 is 5.97 Å². The van der Waals surface area contributed by atoms with Crippen molar-refractivity contribution in [2.24, 2.45) is 0 Å². The zero-order valence-corrected chi connectivity index (χ0v) is 21.1. The topological polar surface area (TPSA) is 94.1 Å². The minimum Gasteiger partial charge on any atom is -0.494 e. The summed E-state index contributed by atoms with van der Waals surface area (Å²) in [5.41, 5.74) is 1.82. The molecule has 2 aromatic rings. The number of carbonyl (C=O) groups excluding carboxylic acids is 1. The number of carbonyl (C=O) groups is 2. The summed E-state index contributed by atoms with van der Waals surface area (Å²) in [6, 6.07) is 10.4. The molecule has 2 N–H and O–H groups in total. The summed E-state index contributed by atoms with van der Waals surface area (Å²) in [7, 11) is 0. The van der Waals surface area contributed by atoms with Crippen LogP contribution in [0.3, 0.4) is 0 Å². The largest absolute Gasteiger partial charge is 0.494 e. The first-order chi connectivity index (χ1) is 16.1. The van der Waals surface area contributed by atoms with Crippen molar-refractivity contribution >= 4 is 23.5 Å². The summed E-state index contributed by atoms with van der Waals surface area (Å²) < 4.78 is 16.9. The Morgan fingerprint density at radius 1 is 1.00 bits per heavy atom. The molecular weight excluding hydrogens is 458 g/mol. The Balaban J connectivity index is 2.22. The number of aliphatic carboxylic acids is 1. The van der Waals surface area contributed by atoms with Gasteiger partial charge in [-0.1, -0.05) is 24.6 Å². The lowest BCUT2D eigenvalue weighted by Crippen LogP contribution is -2.30. The molecule has 34 heavy (non-hydrogen) atoms. The van der Waals surface area contributed by atoms with Crippen LogP contribution >= 0.6 is 11.6 Å². The molecule has 0 aliphatic carbocycles. The van der Waals surface area contributed by atoms with E-state index in [1.807, 2.05) is 32.9 Å². The maximum atomic E-state index is 12.8. The molecule has 2 rings (SSSR count). The molecule has 0 bridgehead atoms. The Morgan fingerprint density at radius 2 is 1.71 bits per heavy atom. The minimum absolute atomic E-state index is 0.0309. The Kier molecular flexibility index (Phi) is 10.7. The molecule has 1 unspecified atom stereocenters. The summed E-state index contributed by atoms with van der Waals surface area (Å²) in [5.74, 6) is -0.144. The van der Waals surface area contributed by atoms with Crippen LogP contribution in [-0.4, -0.2) is 41.9 Å². The Bertz CT molecular complexity index is 976. The van der Waals surface area contributed by atoms with Crippen LogP contribution in [0.5, 0.6) is 11.5 Å². The van der Waals surface area contributed by atoms with Crippen molar-refractivity contribution in [1.82, 2.24) is 5.32 Å². The van der Waals surface area contributed by atoms with Gasteiger partial charge in [-0.15, -0.1) is 0 Å². The van der Waals surface area contributed by atoms with Gasteiger partial charge in [-0.05, 0) is 75.6 Å². The monoisotopic (exact) mass is 491 g/mol. The first-order valence-electron chi connectivity index (χ1n) is 11.5. The number of nitrogens with one attached hydrogen (secondary N) is 1. The van der Waals surface area contributed by atoms with Crippen LogP contribution in [0.4, 0.5) is 0 Å². The van der Waals surface area contributed by atoms with Gasteiger partial charge in [0.15, 0.2) is 6.10 Å². The van der Waals surface area contributed by atoms with Crippen molar-refractivity contribution in [3.05, 3.63) is 58.1 Å². The van der Waals surface area contributed by atoms with E-state index in [0.717, 1.165) is 17.5 Å². The van der Waals surface area contributed by atoms with Crippen LogP contribution in [-0.2, 0) is 22.5 Å². The fraction of sp³-hybridized carbons (Fsp3) is 0.462. The number of rotatable bonds is 13. The molecule has 0 aliphatic rings. The van der Waals surface area contributed by atoms with Gasteiger partial charge in [0.05, 0.1) is 29.4 Å². The van der Waals surface area contributed by atoms with Gasteiger partial charge in [-0.2, -0.15) is 0 Å². The highest BCUT2D eigenvalue weighted by atomic mass is 35.5. The standard InChI is InChI=1S/C26H34ClNO6/c1-6-11-32-20-9-10-22(23(27)14-20)25(29)28-15-19-12-21(33-16(2)3)8-7-18(19)13-24(26(30)31)34-17(4)5/h7-10,12,14,16-17,24H,6,11,13,15H2,1-5H3,(H,28,29)(H,30,31). The molecule has 7 nitrogen and oxygen atoms in total. The van der Waals surface area contributed by atoms with E-state index in [1.54, 1.807) is 38.1 Å². The number of carboxylic acids is 1. The predicted octanol–water partition coefficient (Wildman–Crippen LogP) is 5.27. The van der Waals surface area contributed by atoms with E-state index in [0.29, 0.717) is 28.7 Å². The van der Waals surface area contributed by atoms with Gasteiger partial charge in [0.1, 0.15) is 11.5 Å². The first-order valence-corrected chi connectivity index (χ1v) is 11.9. The van der Waals surface area contributed by atoms with Gasteiger partial charge in [0, 0.05) is 13.0 Å². The quantitative estimate of drug-likeness (QED) is 0.396. The minimum atomic E-state index is -1.04. The van der Waals surface area contributed by atoms with E-state index in [1.165, 1.54) is 0 Å². The highest BCUT2D eigenvalue weighted by molar-refractivity contribution is 6.34. The zero-order chi connectivity index (χ0) is 25.3. The van der Waals surface area contributed by atoms with E-state index in [9.17, 15) is 14.7 Å². The molecular formula is C26H34ClNO6. The van der Waals surface area contributed by atoms with Crippen LogP contribution in [0, 0.1) is 0 Å². The molecule has 1 atom stereocenters. The van der Waals surface area contributed by atoms with E-state index >= 15 is 0 Å². The molecule has 0 heterocycles. The van der Waals surface area contributed by atoms with E-state index in [-0.39, 0.29) is 31.1 Å². The summed E-state index contributed by atoms with van der Waals surface area (Å²) in [6.07, 6.45) is -0.246. The molecule has 186 valence electrons. The second kappa shape index (κ2) is 13.2. The average molecular weight is 492 g/mol. The Hall–Kier alpha value is -2.77. The summed E-state index contributed by atoms with van der Waals surface area (Å²) in [6.45, 7) is 10.2. The lowest BCUT2D eigenvalue weighted by atomic mass is 10.0. The number of ether oxygens (including phenoxy) is 3. The number of carboxylic acid groups (broad SMARTS) is 1. The van der Waals surface area contributed by atoms with Gasteiger partial charge in [0.25, 0.3) is 5.91 Å². The zero-order valence-electron chi connectivity index (χ0n) is 20.4. The highest BCUT2D eigenvalue weighted by Crippen LogP contribution is 2.24. The van der Waals surface area contributed by atoms with Crippen LogP contribution < -0.4 is 14.8 Å². The van der Waals surface area contributed by atoms with Crippen molar-refractivity contribution in [1.29, 1.82) is 0 Å². The molecule has 2 aromatic carbocycles. The molecule has 0 aliphatic heterocycles. The number of amides is 1. The fourth-order valence-corrected chi connectivity index (χ4v) is 3.55. The number of hydrogen-bond acceptors (Lipinski definition) is 5. The van der Waals surface area contributed by atoms with Gasteiger partial charge in [-0.25, -0.2) is 4.79 Å². The highest BCUT2D eigenvalue weighted by Gasteiger charge is 2.22. The number of halogens is 1. The second-order valence-corrected chi connectivity index (χ2v) is 8.89. The molecule has 0 fully saturated rings. The summed E-state index contributed by atoms with van der Waals surface area (Å²) >= 11 is 6.31. The Labute approximate surface area is 206 Å². The van der Waals surface area contributed by atoms with Crippen molar-refractivity contribution in [2.75, 3.05) is 6.61 Å². The summed E-state index contributed by atoms with van der Waals surface area (Å²) in [4.78, 5) is 24.5. The third kappa shape index (κ3) is 8.54. The van der Waals surface area contributed by atoms with E-state index in [4.69, 9.17) is 25.8 Å². The predicted molar refractivity (Wildman–Crippen MR) is 132 cm³/mol. The van der Waals surface area contributed by atoms with Crippen LogP contribution in [0.15, 0.2) is 36.4 Å². The van der Waals surface area contributed by atoms with Crippen molar-refractivity contribution in [3.8, 4) is 11.5 Å². The molecule has 0 radical (unpaired) electrons. The molecule has 1 amide bonds. The molecule has 0 saturated heterocycles. The van der Waals surface area contributed by atoms with Crippen molar-refractivity contribution in [3.63, 3.8) is 0 Å². The van der Waals surface area contributed by atoms with Crippen LogP contribution in [0.1, 0.15) is 62.5 Å². The van der Waals surface area contributed by atoms with Gasteiger partial charge in [-0.3, -0.25) is 4.79 Å². The molecule has 0 saturated carbocycles. The smallest absolute Gasteiger partial charge is 0.333 e. The molecule has 0 spiro atoms. The third-order valence-corrected chi connectivity index (χ3v) is 5.08. The summed E-state index contributed by atoms with van der Waals surface area (Å²) in [5, 5.41) is 12.7. The van der Waals surface area contributed by atoms with Crippen molar-refractivity contribution < 1.29 is 28.9 Å². The average Bonchev–Trinajstić information content (AvgIpc) is 2.76. The maximum Gasteiger partial charge on any atom is 0.333 e. The number of hydrogen-bond donors (Lipinski definition) is 2. The van der Waals surface area contributed by atoms with Crippen molar-refractivity contribution in [2.45, 2.75) is 72.3 Å². The maximum absolute atomic E-state index is 12.8. The fourth-order valence-electron chi connectivity index (χ4n) is 3.29. The third-order valence-electron chi connectivity index (χ3n) is 4.76. The normalized spacial score (nSPS) is 12.0. The lowest BCUT2D eigenvalue weighted by molar-refractivity contribution is -0.153. The van der Waals surface area contributed by atoms with Gasteiger partial charge < -0.3 is 24.6 Å². The Morgan fingerprint density at radius 3 is 2.29 bits per heavy atom. The second-order valence-electron chi connectivity index (χ2n) is 8.49. The van der Waals surface area contributed by atoms with Crippen LogP contribution in [0.2, 0.25) is 5.02 Å². The molecule has 0 aromatic heterocycles. The lowest BCUT2D eigenvalue weighted by Gasteiger charge is -2.20. The van der Waals surface area contributed by atoms with E-state index < -0.39 is 12.1 Å². The van der Waals surface area contributed by atoms with Gasteiger partial charge in [0.2, 0.25) is 0 Å². The SMILES string of the molecule is CCCOc1ccc(C(=O)NCc2cc(OC(C)C)ccc2CC(OC(C)C)C(=O)O)c(Cl)c1. The van der Waals surface area contributed by atoms with Crippen LogP contribution in [0.25, 0.3) is 0 Å².